The van der Waals surface area contributed by atoms with Crippen LogP contribution in [0.5, 0.6) is 5.75 Å². The van der Waals surface area contributed by atoms with E-state index in [9.17, 15) is 13.2 Å². The van der Waals surface area contributed by atoms with Gasteiger partial charge >= 0.3 is 0 Å². The summed E-state index contributed by atoms with van der Waals surface area (Å²) in [4.78, 5) is 0. The van der Waals surface area contributed by atoms with E-state index >= 15 is 0 Å². The molecule has 0 N–H and O–H groups in total. The Balaban J connectivity index is 1.84. The van der Waals surface area contributed by atoms with Crippen molar-refractivity contribution >= 4 is 0 Å². The van der Waals surface area contributed by atoms with E-state index in [-0.39, 0.29) is 0 Å². The highest BCUT2D eigenvalue weighted by Crippen LogP contribution is 2.26. The number of hydrogen-bond acceptors (Lipinski definition) is 1. The fourth-order valence-corrected chi connectivity index (χ4v) is 2.89. The smallest absolute Gasteiger partial charge is 0.194 e. The van der Waals surface area contributed by atoms with Gasteiger partial charge in [-0.05, 0) is 54.2 Å². The number of benzene rings is 2. The minimum atomic E-state index is -1.45. The minimum Gasteiger partial charge on any atom is -0.494 e. The molecule has 1 nitrogen and oxygen atoms in total. The zero-order chi connectivity index (χ0) is 18.2. The highest BCUT2D eigenvalue weighted by atomic mass is 19.2. The van der Waals surface area contributed by atoms with E-state index in [4.69, 9.17) is 4.74 Å². The zero-order valence-corrected chi connectivity index (χ0v) is 14.8. The van der Waals surface area contributed by atoms with E-state index in [1.165, 1.54) is 19.3 Å². The Kier molecular flexibility index (Phi) is 7.35. The molecule has 0 radical (unpaired) electrons. The third kappa shape index (κ3) is 5.80. The lowest BCUT2D eigenvalue weighted by Gasteiger charge is -2.10. The Labute approximate surface area is 147 Å². The first-order valence-corrected chi connectivity index (χ1v) is 8.89. The van der Waals surface area contributed by atoms with Crippen molar-refractivity contribution in [3.63, 3.8) is 0 Å². The molecular formula is C21H25F3O. The van der Waals surface area contributed by atoms with Gasteiger partial charge in [0.15, 0.2) is 17.5 Å². The van der Waals surface area contributed by atoms with Crippen molar-refractivity contribution in [2.24, 2.45) is 5.92 Å². The molecule has 2 aromatic carbocycles. The van der Waals surface area contributed by atoms with Crippen LogP contribution in [0.4, 0.5) is 13.2 Å². The van der Waals surface area contributed by atoms with Crippen LogP contribution in [-0.2, 0) is 0 Å². The molecule has 0 saturated carbocycles. The molecule has 25 heavy (non-hydrogen) atoms. The van der Waals surface area contributed by atoms with Crippen molar-refractivity contribution in [1.82, 2.24) is 0 Å². The summed E-state index contributed by atoms with van der Waals surface area (Å²) >= 11 is 0. The summed E-state index contributed by atoms with van der Waals surface area (Å²) in [5.74, 6) is -2.34. The quantitative estimate of drug-likeness (QED) is 0.359. The molecule has 0 aliphatic heterocycles. The second kappa shape index (κ2) is 9.50. The largest absolute Gasteiger partial charge is 0.494 e. The molecule has 0 spiro atoms. The van der Waals surface area contributed by atoms with Gasteiger partial charge in [0, 0.05) is 0 Å². The molecule has 0 aromatic heterocycles. The lowest BCUT2D eigenvalue weighted by atomic mass is 9.99. The van der Waals surface area contributed by atoms with Gasteiger partial charge in [-0.15, -0.1) is 0 Å². The molecule has 0 saturated heterocycles. The van der Waals surface area contributed by atoms with Crippen LogP contribution in [0.3, 0.4) is 0 Å². The maximum Gasteiger partial charge on any atom is 0.194 e. The van der Waals surface area contributed by atoms with Gasteiger partial charge in [-0.3, -0.25) is 0 Å². The van der Waals surface area contributed by atoms with E-state index in [1.54, 1.807) is 24.3 Å². The lowest BCUT2D eigenvalue weighted by Crippen LogP contribution is -2.00. The topological polar surface area (TPSA) is 9.23 Å². The van der Waals surface area contributed by atoms with Crippen molar-refractivity contribution in [3.05, 3.63) is 53.8 Å². The third-order valence-corrected chi connectivity index (χ3v) is 4.31. The molecule has 0 aliphatic carbocycles. The summed E-state index contributed by atoms with van der Waals surface area (Å²) in [6.07, 6.45) is 5.87. The normalized spacial score (nSPS) is 12.2. The number of ether oxygens (including phenoxy) is 1. The Morgan fingerprint density at radius 1 is 0.880 bits per heavy atom. The van der Waals surface area contributed by atoms with Crippen molar-refractivity contribution in [2.45, 2.75) is 46.0 Å². The van der Waals surface area contributed by atoms with Gasteiger partial charge < -0.3 is 4.74 Å². The Hall–Kier alpha value is -1.97. The first-order chi connectivity index (χ1) is 12.0. The molecule has 4 heteroatoms. The molecule has 2 aromatic rings. The third-order valence-electron chi connectivity index (χ3n) is 4.31. The van der Waals surface area contributed by atoms with Crippen LogP contribution in [-0.4, -0.2) is 6.61 Å². The summed E-state index contributed by atoms with van der Waals surface area (Å²) in [5.41, 5.74) is 0.909. The van der Waals surface area contributed by atoms with Crippen LogP contribution in [0.2, 0.25) is 0 Å². The van der Waals surface area contributed by atoms with Gasteiger partial charge in [-0.25, -0.2) is 13.2 Å². The van der Waals surface area contributed by atoms with E-state index < -0.39 is 17.5 Å². The minimum absolute atomic E-state index is 0.299. The Bertz CT molecular complexity index is 644. The molecule has 0 fully saturated rings. The van der Waals surface area contributed by atoms with E-state index in [0.29, 0.717) is 23.5 Å². The second-order valence-corrected chi connectivity index (χ2v) is 6.52. The van der Waals surface area contributed by atoms with Gasteiger partial charge in [0.1, 0.15) is 5.75 Å². The van der Waals surface area contributed by atoms with Crippen LogP contribution < -0.4 is 4.74 Å². The van der Waals surface area contributed by atoms with Crippen molar-refractivity contribution in [1.29, 1.82) is 0 Å². The van der Waals surface area contributed by atoms with Gasteiger partial charge in [-0.2, -0.15) is 0 Å². The zero-order valence-electron chi connectivity index (χ0n) is 14.8. The van der Waals surface area contributed by atoms with E-state index in [1.807, 2.05) is 0 Å². The standard InChI is InChI=1S/C21H25F3O/c1-3-6-15(2)7-4-5-12-25-18-10-8-16(9-11-18)17-13-19(22)21(24)20(23)14-17/h8-11,13-15H,3-7,12H2,1-2H3. The fraction of sp³-hybridized carbons (Fsp3) is 0.429. The molecule has 1 atom stereocenters. The van der Waals surface area contributed by atoms with Crippen molar-refractivity contribution in [2.75, 3.05) is 6.61 Å². The van der Waals surface area contributed by atoms with E-state index in [2.05, 4.69) is 13.8 Å². The molecule has 2 rings (SSSR count). The summed E-state index contributed by atoms with van der Waals surface area (Å²) < 4.78 is 45.3. The van der Waals surface area contributed by atoms with Crippen LogP contribution in [0.1, 0.15) is 46.0 Å². The van der Waals surface area contributed by atoms with Crippen LogP contribution >= 0.6 is 0 Å². The Morgan fingerprint density at radius 2 is 1.52 bits per heavy atom. The van der Waals surface area contributed by atoms with Gasteiger partial charge in [0.05, 0.1) is 6.61 Å². The van der Waals surface area contributed by atoms with Gasteiger partial charge in [0.25, 0.3) is 0 Å². The number of halogens is 3. The SMILES string of the molecule is CCCC(C)CCCCOc1ccc(-c2cc(F)c(F)c(F)c2)cc1. The molecule has 1 unspecified atom stereocenters. The van der Waals surface area contributed by atoms with Gasteiger partial charge in [-0.1, -0.05) is 45.2 Å². The number of unbranched alkanes of at least 4 members (excludes halogenated alkanes) is 1. The fourth-order valence-electron chi connectivity index (χ4n) is 2.89. The predicted octanol–water partition coefficient (Wildman–Crippen LogP) is 6.76. The maximum absolute atomic E-state index is 13.3. The van der Waals surface area contributed by atoms with Crippen LogP contribution in [0.15, 0.2) is 36.4 Å². The monoisotopic (exact) mass is 350 g/mol. The average molecular weight is 350 g/mol. The van der Waals surface area contributed by atoms with Crippen LogP contribution in [0.25, 0.3) is 11.1 Å². The Morgan fingerprint density at radius 3 is 2.12 bits per heavy atom. The lowest BCUT2D eigenvalue weighted by molar-refractivity contribution is 0.299. The number of rotatable bonds is 9. The van der Waals surface area contributed by atoms with Gasteiger partial charge in [0.2, 0.25) is 0 Å². The van der Waals surface area contributed by atoms with Crippen molar-refractivity contribution < 1.29 is 17.9 Å². The molecule has 0 aliphatic rings. The van der Waals surface area contributed by atoms with Crippen molar-refractivity contribution in [3.8, 4) is 16.9 Å². The van der Waals surface area contributed by atoms with E-state index in [0.717, 1.165) is 30.9 Å². The molecule has 0 amide bonds. The summed E-state index contributed by atoms with van der Waals surface area (Å²) in [7, 11) is 0. The molecular weight excluding hydrogens is 325 g/mol. The number of hydrogen-bond donors (Lipinski definition) is 0. The predicted molar refractivity (Wildman–Crippen MR) is 95.2 cm³/mol. The maximum atomic E-state index is 13.3. The summed E-state index contributed by atoms with van der Waals surface area (Å²) in [6, 6.07) is 8.93. The average Bonchev–Trinajstić information content (AvgIpc) is 2.60. The molecule has 136 valence electrons. The summed E-state index contributed by atoms with van der Waals surface area (Å²) in [5, 5.41) is 0. The first kappa shape index (κ1) is 19.4. The highest BCUT2D eigenvalue weighted by Gasteiger charge is 2.11. The van der Waals surface area contributed by atoms with Crippen LogP contribution in [0, 0.1) is 23.4 Å². The molecule has 0 bridgehead atoms. The highest BCUT2D eigenvalue weighted by molar-refractivity contribution is 5.64. The second-order valence-electron chi connectivity index (χ2n) is 6.52. The summed E-state index contributed by atoms with van der Waals surface area (Å²) in [6.45, 7) is 5.14. The molecule has 0 heterocycles. The first-order valence-electron chi connectivity index (χ1n) is 8.89.